The Balaban J connectivity index is 1.76. The van der Waals surface area contributed by atoms with E-state index < -0.39 is 21.7 Å². The molecule has 8 nitrogen and oxygen atoms in total. The zero-order valence-corrected chi connectivity index (χ0v) is 27.9. The summed E-state index contributed by atoms with van der Waals surface area (Å²) in [6.07, 6.45) is 5.28. The average Bonchev–Trinajstić information content (AvgIpc) is 3.29. The third kappa shape index (κ3) is 10.6. The lowest BCUT2D eigenvalue weighted by Crippen LogP contribution is -2.33. The molecule has 2 aromatic heterocycles. The van der Waals surface area contributed by atoms with Crippen molar-refractivity contribution in [3.63, 3.8) is 0 Å². The van der Waals surface area contributed by atoms with E-state index in [1.807, 2.05) is 31.4 Å². The number of ether oxygens (including phenoxy) is 3. The molecule has 0 aliphatic heterocycles. The van der Waals surface area contributed by atoms with Gasteiger partial charge in [0.2, 0.25) is 0 Å². The highest BCUT2D eigenvalue weighted by molar-refractivity contribution is 6.76. The minimum atomic E-state index is -1.18. The standard InChI is InChI=1S/C29H52N4O4Si2/c1-29(2,3)37-28(34)24-12-10-23(11-13-24)25-20-27(33-26(31-25)14-15-30-33)32(21-35-16-18-38(4,5)6)22-36-17-19-39(7,8)9/h14-15,20,23-24H,10-13,16-19,21-22H2,1-9H3. The number of rotatable bonds is 13. The zero-order valence-electron chi connectivity index (χ0n) is 25.9. The van der Waals surface area contributed by atoms with E-state index in [4.69, 9.17) is 19.2 Å². The first kappa shape index (κ1) is 31.8. The molecule has 0 unspecified atom stereocenters. The van der Waals surface area contributed by atoms with Crippen molar-refractivity contribution in [3.05, 3.63) is 24.0 Å². The fraction of sp³-hybridized carbons (Fsp3) is 0.759. The van der Waals surface area contributed by atoms with Gasteiger partial charge < -0.3 is 19.1 Å². The van der Waals surface area contributed by atoms with Gasteiger partial charge in [-0.2, -0.15) is 9.61 Å². The maximum Gasteiger partial charge on any atom is 0.309 e. The highest BCUT2D eigenvalue weighted by Crippen LogP contribution is 2.37. The third-order valence-electron chi connectivity index (χ3n) is 7.06. The van der Waals surface area contributed by atoms with E-state index in [1.165, 1.54) is 0 Å². The summed E-state index contributed by atoms with van der Waals surface area (Å²) >= 11 is 0. The van der Waals surface area contributed by atoms with Crippen LogP contribution in [0.3, 0.4) is 0 Å². The molecule has 0 atom stereocenters. The van der Waals surface area contributed by atoms with E-state index >= 15 is 0 Å². The summed E-state index contributed by atoms with van der Waals surface area (Å²) in [4.78, 5) is 19.8. The van der Waals surface area contributed by atoms with E-state index in [2.05, 4.69) is 55.3 Å². The summed E-state index contributed by atoms with van der Waals surface area (Å²) in [5.74, 6) is 1.13. The van der Waals surface area contributed by atoms with Crippen LogP contribution in [0.1, 0.15) is 58.1 Å². The van der Waals surface area contributed by atoms with Gasteiger partial charge in [0.05, 0.1) is 12.1 Å². The first-order valence-corrected chi connectivity index (χ1v) is 22.0. The first-order valence-electron chi connectivity index (χ1n) is 14.6. The molecule has 2 aromatic rings. The normalized spacial score (nSPS) is 18.9. The van der Waals surface area contributed by atoms with Crippen LogP contribution in [0.2, 0.25) is 51.4 Å². The second kappa shape index (κ2) is 13.3. The van der Waals surface area contributed by atoms with Crippen molar-refractivity contribution in [2.45, 2.75) is 109 Å². The molecule has 3 rings (SSSR count). The van der Waals surface area contributed by atoms with Crippen molar-refractivity contribution < 1.29 is 19.0 Å². The first-order chi connectivity index (χ1) is 18.1. The van der Waals surface area contributed by atoms with Crippen LogP contribution in [0.25, 0.3) is 5.65 Å². The van der Waals surface area contributed by atoms with Gasteiger partial charge in [-0.15, -0.1) is 0 Å². The maximum absolute atomic E-state index is 12.6. The molecule has 0 amide bonds. The van der Waals surface area contributed by atoms with Gasteiger partial charge in [-0.05, 0) is 58.5 Å². The van der Waals surface area contributed by atoms with Crippen LogP contribution in [0.15, 0.2) is 18.3 Å². The highest BCUT2D eigenvalue weighted by Gasteiger charge is 2.31. The minimum Gasteiger partial charge on any atom is -0.460 e. The number of hydrogen-bond acceptors (Lipinski definition) is 7. The van der Waals surface area contributed by atoms with E-state index in [1.54, 1.807) is 6.20 Å². The van der Waals surface area contributed by atoms with Gasteiger partial charge in [0.15, 0.2) is 5.65 Å². The lowest BCUT2D eigenvalue weighted by Gasteiger charge is -2.30. The molecule has 1 aliphatic rings. The Morgan fingerprint density at radius 2 is 1.54 bits per heavy atom. The molecule has 0 spiro atoms. The smallest absolute Gasteiger partial charge is 0.309 e. The highest BCUT2D eigenvalue weighted by atomic mass is 28.3. The van der Waals surface area contributed by atoms with E-state index in [0.717, 1.165) is 68.1 Å². The summed E-state index contributed by atoms with van der Waals surface area (Å²) in [6.45, 7) is 22.4. The maximum atomic E-state index is 12.6. The number of carbonyl (C=O) groups is 1. The Morgan fingerprint density at radius 1 is 0.974 bits per heavy atom. The third-order valence-corrected chi connectivity index (χ3v) is 10.5. The molecule has 1 aliphatic carbocycles. The molecule has 0 saturated heterocycles. The molecular weight excluding hydrogens is 525 g/mol. The molecule has 0 aromatic carbocycles. The molecule has 10 heteroatoms. The van der Waals surface area contributed by atoms with Crippen molar-refractivity contribution in [2.24, 2.45) is 5.92 Å². The van der Waals surface area contributed by atoms with Crippen LogP contribution >= 0.6 is 0 Å². The predicted molar refractivity (Wildman–Crippen MR) is 164 cm³/mol. The Hall–Kier alpha value is -1.76. The monoisotopic (exact) mass is 576 g/mol. The quantitative estimate of drug-likeness (QED) is 0.113. The number of nitrogens with zero attached hydrogens (tertiary/aromatic N) is 4. The molecular formula is C29H52N4O4Si2. The molecule has 0 radical (unpaired) electrons. The number of fused-ring (bicyclic) bond motifs is 1. The lowest BCUT2D eigenvalue weighted by atomic mass is 9.80. The van der Waals surface area contributed by atoms with Crippen LogP contribution in [0, 0.1) is 5.92 Å². The average molecular weight is 577 g/mol. The van der Waals surface area contributed by atoms with Gasteiger partial charge in [-0.3, -0.25) is 4.79 Å². The fourth-order valence-electron chi connectivity index (χ4n) is 4.64. The molecule has 1 saturated carbocycles. The predicted octanol–water partition coefficient (Wildman–Crippen LogP) is 6.78. The van der Waals surface area contributed by atoms with Crippen molar-refractivity contribution in [1.29, 1.82) is 0 Å². The Kier molecular flexibility index (Phi) is 10.8. The molecule has 1 fully saturated rings. The summed E-state index contributed by atoms with van der Waals surface area (Å²) in [6, 6.07) is 6.35. The van der Waals surface area contributed by atoms with Crippen LogP contribution in [-0.4, -0.2) is 69.0 Å². The molecule has 0 N–H and O–H groups in total. The van der Waals surface area contributed by atoms with Crippen molar-refractivity contribution in [3.8, 4) is 0 Å². The number of carbonyl (C=O) groups excluding carboxylic acids is 1. The summed E-state index contributed by atoms with van der Waals surface area (Å²) < 4.78 is 19.9. The molecule has 220 valence electrons. The van der Waals surface area contributed by atoms with Gasteiger partial charge in [-0.25, -0.2) is 4.98 Å². The zero-order chi connectivity index (χ0) is 28.8. The largest absolute Gasteiger partial charge is 0.460 e. The minimum absolute atomic E-state index is 0.0327. The fourth-order valence-corrected chi connectivity index (χ4v) is 6.15. The molecule has 2 heterocycles. The summed E-state index contributed by atoms with van der Waals surface area (Å²) in [5.41, 5.74) is 1.43. The molecule has 0 bridgehead atoms. The van der Waals surface area contributed by atoms with Gasteiger partial charge in [0.25, 0.3) is 0 Å². The van der Waals surface area contributed by atoms with Gasteiger partial charge in [0.1, 0.15) is 24.9 Å². The van der Waals surface area contributed by atoms with E-state index in [-0.39, 0.29) is 11.9 Å². The number of aromatic nitrogens is 3. The summed E-state index contributed by atoms with van der Waals surface area (Å²) in [7, 11) is -2.37. The lowest BCUT2D eigenvalue weighted by molar-refractivity contribution is -0.161. The van der Waals surface area contributed by atoms with Crippen LogP contribution in [0.4, 0.5) is 5.82 Å². The van der Waals surface area contributed by atoms with Gasteiger partial charge in [0, 0.05) is 53.1 Å². The van der Waals surface area contributed by atoms with Gasteiger partial charge >= 0.3 is 5.97 Å². The van der Waals surface area contributed by atoms with E-state index in [0.29, 0.717) is 19.4 Å². The Bertz CT molecular complexity index is 1040. The number of hydrogen-bond donors (Lipinski definition) is 0. The van der Waals surface area contributed by atoms with Crippen LogP contribution in [0.5, 0.6) is 0 Å². The Morgan fingerprint density at radius 3 is 2.05 bits per heavy atom. The van der Waals surface area contributed by atoms with Crippen LogP contribution < -0.4 is 4.90 Å². The second-order valence-electron chi connectivity index (χ2n) is 14.5. The molecule has 39 heavy (non-hydrogen) atoms. The SMILES string of the molecule is CC(C)(C)OC(=O)C1CCC(c2cc(N(COCC[Si](C)(C)C)COCC[Si](C)(C)C)n3nccc3n2)CC1. The van der Waals surface area contributed by atoms with Crippen molar-refractivity contribution in [1.82, 2.24) is 14.6 Å². The van der Waals surface area contributed by atoms with Crippen molar-refractivity contribution >= 4 is 33.6 Å². The van der Waals surface area contributed by atoms with E-state index in [9.17, 15) is 4.79 Å². The number of anilines is 1. The number of esters is 1. The van der Waals surface area contributed by atoms with Crippen molar-refractivity contribution in [2.75, 3.05) is 31.6 Å². The topological polar surface area (TPSA) is 78.2 Å². The van der Waals surface area contributed by atoms with Gasteiger partial charge in [-0.1, -0.05) is 39.3 Å². The second-order valence-corrected chi connectivity index (χ2v) is 25.7. The Labute approximate surface area is 237 Å². The summed E-state index contributed by atoms with van der Waals surface area (Å²) in [5, 5.41) is 4.58. The van der Waals surface area contributed by atoms with Crippen LogP contribution in [-0.2, 0) is 19.0 Å².